The van der Waals surface area contributed by atoms with Crippen LogP contribution >= 0.6 is 11.8 Å². The summed E-state index contributed by atoms with van der Waals surface area (Å²) in [4.78, 5) is 17.2. The van der Waals surface area contributed by atoms with Crippen molar-refractivity contribution in [3.8, 4) is 11.4 Å². The Hall–Kier alpha value is -3.59. The van der Waals surface area contributed by atoms with Crippen molar-refractivity contribution < 1.29 is 9.53 Å². The molecular weight excluding hydrogens is 424 g/mol. The number of hydrogen-bond acceptors (Lipinski definition) is 6. The van der Waals surface area contributed by atoms with E-state index in [1.807, 2.05) is 55.5 Å². The number of thioether (sulfide) groups is 1. The second-order valence-electron chi connectivity index (χ2n) is 7.20. The van der Waals surface area contributed by atoms with Crippen molar-refractivity contribution >= 4 is 34.4 Å². The highest BCUT2D eigenvalue weighted by Gasteiger charge is 2.16. The minimum absolute atomic E-state index is 0.144. The Morgan fingerprint density at radius 1 is 1.19 bits per heavy atom. The molecule has 0 aliphatic heterocycles. The van der Waals surface area contributed by atoms with Crippen molar-refractivity contribution in [2.24, 2.45) is 0 Å². The molecule has 0 atom stereocenters. The highest BCUT2D eigenvalue weighted by molar-refractivity contribution is 7.99. The van der Waals surface area contributed by atoms with E-state index in [-0.39, 0.29) is 17.1 Å². The van der Waals surface area contributed by atoms with E-state index in [9.17, 15) is 4.79 Å². The van der Waals surface area contributed by atoms with Crippen LogP contribution < -0.4 is 15.5 Å². The zero-order valence-corrected chi connectivity index (χ0v) is 18.9. The number of aromatic amines is 1. The zero-order valence-electron chi connectivity index (χ0n) is 18.1. The predicted octanol–water partition coefficient (Wildman–Crippen LogP) is 3.84. The molecule has 0 aliphatic carbocycles. The van der Waals surface area contributed by atoms with E-state index in [4.69, 9.17) is 10.1 Å². The van der Waals surface area contributed by atoms with Gasteiger partial charge in [0.1, 0.15) is 11.2 Å². The molecule has 0 fully saturated rings. The van der Waals surface area contributed by atoms with Crippen LogP contribution in [0.5, 0.6) is 5.75 Å². The Morgan fingerprint density at radius 2 is 1.91 bits per heavy atom. The lowest BCUT2D eigenvalue weighted by molar-refractivity contribution is -0.113. The normalized spacial score (nSPS) is 11.0. The van der Waals surface area contributed by atoms with Gasteiger partial charge in [-0.2, -0.15) is 5.10 Å². The van der Waals surface area contributed by atoms with Gasteiger partial charge in [0, 0.05) is 11.4 Å². The Balaban J connectivity index is 1.63. The number of aryl methyl sites for hydroxylation is 2. The molecule has 0 aliphatic rings. The van der Waals surface area contributed by atoms with Gasteiger partial charge < -0.3 is 10.1 Å². The summed E-state index contributed by atoms with van der Waals surface area (Å²) in [6, 6.07) is 15.2. The lowest BCUT2D eigenvalue weighted by Crippen LogP contribution is -2.23. The first kappa shape index (κ1) is 21.6. The minimum atomic E-state index is -0.144. The zero-order chi connectivity index (χ0) is 22.7. The van der Waals surface area contributed by atoms with Crippen LogP contribution in [0.25, 0.3) is 16.7 Å². The third-order valence-corrected chi connectivity index (χ3v) is 6.03. The van der Waals surface area contributed by atoms with Crippen LogP contribution in [0.4, 0.5) is 5.69 Å². The van der Waals surface area contributed by atoms with Gasteiger partial charge in [0.15, 0.2) is 10.8 Å². The second kappa shape index (κ2) is 9.27. The van der Waals surface area contributed by atoms with Crippen LogP contribution in [0.3, 0.4) is 0 Å². The van der Waals surface area contributed by atoms with E-state index in [1.54, 1.807) is 11.7 Å². The molecule has 0 spiro atoms. The molecule has 1 amide bonds. The first-order valence-electron chi connectivity index (χ1n) is 10.2. The molecule has 4 aromatic rings. The summed E-state index contributed by atoms with van der Waals surface area (Å²) in [5.74, 6) is 0.725. The van der Waals surface area contributed by atoms with Gasteiger partial charge >= 0.3 is 0 Å². The number of benzene rings is 2. The van der Waals surface area contributed by atoms with Gasteiger partial charge in [0.25, 0.3) is 0 Å². The number of hydrogen-bond donors (Lipinski definition) is 3. The van der Waals surface area contributed by atoms with Crippen molar-refractivity contribution in [3.05, 3.63) is 65.3 Å². The van der Waals surface area contributed by atoms with Gasteiger partial charge in [0.05, 0.1) is 23.9 Å². The third kappa shape index (κ3) is 4.38. The minimum Gasteiger partial charge on any atom is -0.497 e. The van der Waals surface area contributed by atoms with Gasteiger partial charge in [-0.1, -0.05) is 30.8 Å². The summed E-state index contributed by atoms with van der Waals surface area (Å²) in [6.07, 6.45) is 0.951. The maximum absolute atomic E-state index is 12.6. The topological polar surface area (TPSA) is 109 Å². The number of carbonyl (C=O) groups excluding carboxylic acids is 1. The van der Waals surface area contributed by atoms with E-state index in [2.05, 4.69) is 27.4 Å². The van der Waals surface area contributed by atoms with Crippen molar-refractivity contribution in [2.45, 2.75) is 25.4 Å². The monoisotopic (exact) mass is 448 g/mol. The number of H-pyrrole nitrogens is 1. The molecule has 2 aromatic heterocycles. The molecular formula is C23H24N6O2S. The molecule has 3 N–H and O–H groups in total. The molecule has 0 saturated carbocycles. The third-order valence-electron chi connectivity index (χ3n) is 5.10. The van der Waals surface area contributed by atoms with E-state index in [0.717, 1.165) is 23.5 Å². The SMILES string of the molecule is CCc1ccc(NC(=O)CSc2nc3[nH]nc(C)c3c(=N)n2-c2ccc(OC)cc2)cc1. The van der Waals surface area contributed by atoms with Crippen LogP contribution in [0, 0.1) is 12.3 Å². The maximum Gasteiger partial charge on any atom is 0.234 e. The highest BCUT2D eigenvalue weighted by Crippen LogP contribution is 2.23. The van der Waals surface area contributed by atoms with Gasteiger partial charge in [-0.3, -0.25) is 19.9 Å². The lowest BCUT2D eigenvalue weighted by Gasteiger charge is -2.14. The molecule has 0 bridgehead atoms. The van der Waals surface area contributed by atoms with Gasteiger partial charge in [0.2, 0.25) is 5.91 Å². The fourth-order valence-corrected chi connectivity index (χ4v) is 4.17. The van der Waals surface area contributed by atoms with Crippen molar-refractivity contribution in [2.75, 3.05) is 18.2 Å². The number of amides is 1. The number of ether oxygens (including phenoxy) is 1. The first-order valence-corrected chi connectivity index (χ1v) is 11.2. The molecule has 9 heteroatoms. The van der Waals surface area contributed by atoms with Crippen LogP contribution in [-0.2, 0) is 11.2 Å². The van der Waals surface area contributed by atoms with Gasteiger partial charge in [-0.05, 0) is 55.3 Å². The predicted molar refractivity (Wildman–Crippen MR) is 126 cm³/mol. The number of nitrogens with zero attached hydrogens (tertiary/aromatic N) is 3. The summed E-state index contributed by atoms with van der Waals surface area (Å²) in [5.41, 5.74) is 4.20. The summed E-state index contributed by atoms with van der Waals surface area (Å²) < 4.78 is 6.97. The van der Waals surface area contributed by atoms with Crippen LogP contribution in [0.15, 0.2) is 53.7 Å². The van der Waals surface area contributed by atoms with Gasteiger partial charge in [-0.15, -0.1) is 0 Å². The number of aromatic nitrogens is 4. The molecule has 2 aromatic carbocycles. The molecule has 164 valence electrons. The number of carbonyl (C=O) groups is 1. The number of nitrogens with one attached hydrogen (secondary N) is 3. The molecule has 0 saturated heterocycles. The Labute approximate surface area is 189 Å². The van der Waals surface area contributed by atoms with Crippen molar-refractivity contribution in [1.82, 2.24) is 19.7 Å². The molecule has 4 rings (SSSR count). The van der Waals surface area contributed by atoms with Crippen LogP contribution in [0.1, 0.15) is 18.2 Å². The fraction of sp³-hybridized carbons (Fsp3) is 0.217. The van der Waals surface area contributed by atoms with Crippen molar-refractivity contribution in [3.63, 3.8) is 0 Å². The standard InChI is InChI=1S/C23H24N6O2S/c1-4-15-5-7-16(8-6-15)25-19(30)13-32-23-26-22-20(14(2)27-28-22)21(24)29(23)17-9-11-18(31-3)12-10-17/h5-12,24H,4,13H2,1-3H3,(H,25,30)(H,27,28). The number of methoxy groups -OCH3 is 1. The Bertz CT molecular complexity index is 1310. The summed E-state index contributed by atoms with van der Waals surface area (Å²) in [6.45, 7) is 3.93. The molecule has 0 unspecified atom stereocenters. The van der Waals surface area contributed by atoms with Crippen molar-refractivity contribution in [1.29, 1.82) is 5.41 Å². The lowest BCUT2D eigenvalue weighted by atomic mass is 10.1. The summed E-state index contributed by atoms with van der Waals surface area (Å²) >= 11 is 1.27. The fourth-order valence-electron chi connectivity index (χ4n) is 3.36. The number of anilines is 1. The van der Waals surface area contributed by atoms with E-state index < -0.39 is 0 Å². The van der Waals surface area contributed by atoms with E-state index >= 15 is 0 Å². The first-order chi connectivity index (χ1) is 15.5. The molecule has 32 heavy (non-hydrogen) atoms. The highest BCUT2D eigenvalue weighted by atomic mass is 32.2. The number of fused-ring (bicyclic) bond motifs is 1. The van der Waals surface area contributed by atoms with Gasteiger partial charge in [-0.25, -0.2) is 4.98 Å². The average Bonchev–Trinajstić information content (AvgIpc) is 3.19. The Morgan fingerprint density at radius 3 is 2.56 bits per heavy atom. The molecule has 0 radical (unpaired) electrons. The van der Waals surface area contributed by atoms with Crippen LogP contribution in [-0.4, -0.2) is 38.5 Å². The Kier molecular flexibility index (Phi) is 6.27. The number of rotatable bonds is 7. The second-order valence-corrected chi connectivity index (χ2v) is 8.14. The quantitative estimate of drug-likeness (QED) is 0.294. The van der Waals surface area contributed by atoms with E-state index in [0.29, 0.717) is 21.9 Å². The van der Waals surface area contributed by atoms with E-state index in [1.165, 1.54) is 17.3 Å². The largest absolute Gasteiger partial charge is 0.497 e. The molecule has 8 nitrogen and oxygen atoms in total. The molecule has 2 heterocycles. The maximum atomic E-state index is 12.6. The summed E-state index contributed by atoms with van der Waals surface area (Å²) in [5, 5.41) is 19.9. The average molecular weight is 449 g/mol. The summed E-state index contributed by atoms with van der Waals surface area (Å²) in [7, 11) is 1.61. The smallest absolute Gasteiger partial charge is 0.234 e. The van der Waals surface area contributed by atoms with Crippen LogP contribution in [0.2, 0.25) is 0 Å².